The zero-order chi connectivity index (χ0) is 21.4. The zero-order valence-electron chi connectivity index (χ0n) is 16.7. The number of carbonyl (C=O) groups excluding carboxylic acids is 1. The third kappa shape index (κ3) is 3.94. The predicted octanol–water partition coefficient (Wildman–Crippen LogP) is 3.45. The molecule has 1 aliphatic heterocycles. The van der Waals surface area contributed by atoms with Gasteiger partial charge in [-0.2, -0.15) is 0 Å². The summed E-state index contributed by atoms with van der Waals surface area (Å²) < 4.78 is 12.9. The fraction of sp³-hybridized carbons (Fsp3) is 0.227. The van der Waals surface area contributed by atoms with Gasteiger partial charge in [-0.3, -0.25) is 14.2 Å². The number of amides is 1. The van der Waals surface area contributed by atoms with Crippen molar-refractivity contribution in [3.05, 3.63) is 63.3 Å². The number of hydrogen-bond acceptors (Lipinski definition) is 7. The van der Waals surface area contributed by atoms with Gasteiger partial charge in [-0.15, -0.1) is 22.7 Å². The lowest BCUT2D eigenvalue weighted by molar-refractivity contribution is -0.122. The molecular formula is C22H19N3O4S2. The molecule has 1 aromatic carbocycles. The SMILES string of the molecule is Cc1ccc(-c2csc3ncn(CC(=O)NC[C@@H]4COc5ccccc5O4)c(=O)c23)s1. The highest BCUT2D eigenvalue weighted by Crippen LogP contribution is 2.35. The molecule has 0 unspecified atom stereocenters. The number of fused-ring (bicyclic) bond motifs is 2. The molecule has 0 spiro atoms. The van der Waals surface area contributed by atoms with Crippen molar-refractivity contribution in [2.75, 3.05) is 13.2 Å². The number of carbonyl (C=O) groups is 1. The molecule has 3 aromatic heterocycles. The van der Waals surface area contributed by atoms with E-state index in [-0.39, 0.29) is 30.7 Å². The summed E-state index contributed by atoms with van der Waals surface area (Å²) in [6.07, 6.45) is 1.14. The number of hydrogen-bond donors (Lipinski definition) is 1. The van der Waals surface area contributed by atoms with E-state index in [1.165, 1.54) is 27.1 Å². The van der Waals surface area contributed by atoms with Gasteiger partial charge in [0.25, 0.3) is 5.56 Å². The van der Waals surface area contributed by atoms with Crippen molar-refractivity contribution in [1.29, 1.82) is 0 Å². The number of thiophene rings is 2. The van der Waals surface area contributed by atoms with Crippen molar-refractivity contribution in [1.82, 2.24) is 14.9 Å². The molecule has 9 heteroatoms. The Hall–Kier alpha value is -3.17. The van der Waals surface area contributed by atoms with Crippen molar-refractivity contribution in [2.45, 2.75) is 19.6 Å². The molecule has 0 aliphatic carbocycles. The molecule has 4 heterocycles. The lowest BCUT2D eigenvalue weighted by Gasteiger charge is -2.26. The number of benzene rings is 1. The number of nitrogens with zero attached hydrogens (tertiary/aromatic N) is 2. The van der Waals surface area contributed by atoms with Crippen molar-refractivity contribution >= 4 is 38.8 Å². The first-order valence-electron chi connectivity index (χ1n) is 9.77. The summed E-state index contributed by atoms with van der Waals surface area (Å²) in [6, 6.07) is 11.5. The summed E-state index contributed by atoms with van der Waals surface area (Å²) in [5, 5.41) is 5.33. The molecule has 1 N–H and O–H groups in total. The summed E-state index contributed by atoms with van der Waals surface area (Å²) >= 11 is 3.07. The van der Waals surface area contributed by atoms with E-state index in [0.717, 1.165) is 10.4 Å². The number of aryl methyl sites for hydroxylation is 1. The topological polar surface area (TPSA) is 82.5 Å². The molecule has 158 valence electrons. The summed E-state index contributed by atoms with van der Waals surface area (Å²) in [7, 11) is 0. The van der Waals surface area contributed by atoms with Crippen LogP contribution in [0.2, 0.25) is 0 Å². The van der Waals surface area contributed by atoms with Crippen molar-refractivity contribution in [2.24, 2.45) is 0 Å². The van der Waals surface area contributed by atoms with Crippen LogP contribution in [0, 0.1) is 6.92 Å². The number of nitrogens with one attached hydrogen (secondary N) is 1. The minimum Gasteiger partial charge on any atom is -0.486 e. The van der Waals surface area contributed by atoms with Gasteiger partial charge in [-0.25, -0.2) is 4.98 Å². The number of ether oxygens (including phenoxy) is 2. The molecule has 5 rings (SSSR count). The third-order valence-electron chi connectivity index (χ3n) is 4.97. The van der Waals surface area contributed by atoms with Gasteiger partial charge in [0.05, 0.1) is 18.3 Å². The highest BCUT2D eigenvalue weighted by Gasteiger charge is 2.21. The normalized spacial score (nSPS) is 15.2. The van der Waals surface area contributed by atoms with E-state index in [0.29, 0.717) is 28.3 Å². The molecular weight excluding hydrogens is 434 g/mol. The van der Waals surface area contributed by atoms with E-state index in [1.807, 2.05) is 48.7 Å². The second-order valence-electron chi connectivity index (χ2n) is 7.22. The van der Waals surface area contributed by atoms with Crippen LogP contribution in [0.4, 0.5) is 0 Å². The van der Waals surface area contributed by atoms with Gasteiger partial charge in [-0.1, -0.05) is 12.1 Å². The van der Waals surface area contributed by atoms with E-state index >= 15 is 0 Å². The Bertz CT molecular complexity index is 1320. The minimum atomic E-state index is -0.290. The Morgan fingerprint density at radius 1 is 1.26 bits per heavy atom. The first kappa shape index (κ1) is 19.8. The van der Waals surface area contributed by atoms with Crippen LogP contribution >= 0.6 is 22.7 Å². The highest BCUT2D eigenvalue weighted by atomic mass is 32.1. The second kappa shape index (κ2) is 8.16. The molecule has 0 saturated heterocycles. The van der Waals surface area contributed by atoms with E-state index < -0.39 is 0 Å². The maximum Gasteiger partial charge on any atom is 0.263 e. The first-order valence-corrected chi connectivity index (χ1v) is 11.5. The maximum atomic E-state index is 13.1. The molecule has 1 amide bonds. The average molecular weight is 454 g/mol. The van der Waals surface area contributed by atoms with Crippen LogP contribution in [-0.4, -0.2) is 34.7 Å². The quantitative estimate of drug-likeness (QED) is 0.501. The minimum absolute atomic E-state index is 0.106. The maximum absolute atomic E-state index is 13.1. The fourth-order valence-corrected chi connectivity index (χ4v) is 5.30. The van der Waals surface area contributed by atoms with Gasteiger partial charge in [0.1, 0.15) is 24.1 Å². The highest BCUT2D eigenvalue weighted by molar-refractivity contribution is 7.19. The van der Waals surface area contributed by atoms with Crippen LogP contribution in [0.25, 0.3) is 20.7 Å². The largest absolute Gasteiger partial charge is 0.486 e. The van der Waals surface area contributed by atoms with E-state index in [4.69, 9.17) is 9.47 Å². The fourth-order valence-electron chi connectivity index (χ4n) is 3.44. The Morgan fingerprint density at radius 3 is 2.90 bits per heavy atom. The van der Waals surface area contributed by atoms with E-state index in [9.17, 15) is 9.59 Å². The monoisotopic (exact) mass is 453 g/mol. The molecule has 4 aromatic rings. The molecule has 1 aliphatic rings. The molecule has 0 saturated carbocycles. The number of rotatable bonds is 5. The van der Waals surface area contributed by atoms with Crippen LogP contribution in [0.15, 0.2) is 52.9 Å². The lowest BCUT2D eigenvalue weighted by Crippen LogP contribution is -2.42. The van der Waals surface area contributed by atoms with Crippen LogP contribution in [0.1, 0.15) is 4.88 Å². The second-order valence-corrected chi connectivity index (χ2v) is 9.37. The van der Waals surface area contributed by atoms with E-state index in [2.05, 4.69) is 10.3 Å². The Balaban J connectivity index is 1.29. The third-order valence-corrected chi connectivity index (χ3v) is 6.90. The van der Waals surface area contributed by atoms with Crippen LogP contribution in [0.3, 0.4) is 0 Å². The standard InChI is InChI=1S/C22H19N3O4S2/c1-13-6-7-18(31-13)15-11-30-21-20(15)22(27)25(12-24-21)9-19(26)23-8-14-10-28-16-4-2-3-5-17(16)29-14/h2-7,11-12,14H,8-10H2,1H3,(H,23,26)/t14-/m1/s1. The van der Waals surface area contributed by atoms with Crippen molar-refractivity contribution < 1.29 is 14.3 Å². The van der Waals surface area contributed by atoms with Gasteiger partial charge < -0.3 is 14.8 Å². The molecule has 0 bridgehead atoms. The van der Waals surface area contributed by atoms with Gasteiger partial charge in [0.15, 0.2) is 11.5 Å². The summed E-state index contributed by atoms with van der Waals surface area (Å²) in [5.74, 6) is 1.07. The van der Waals surface area contributed by atoms with Gasteiger partial charge in [-0.05, 0) is 31.2 Å². The predicted molar refractivity (Wildman–Crippen MR) is 121 cm³/mol. The van der Waals surface area contributed by atoms with Gasteiger partial charge >= 0.3 is 0 Å². The van der Waals surface area contributed by atoms with Crippen molar-refractivity contribution in [3.63, 3.8) is 0 Å². The van der Waals surface area contributed by atoms with Gasteiger partial charge in [0.2, 0.25) is 5.91 Å². The van der Waals surface area contributed by atoms with Crippen LogP contribution < -0.4 is 20.3 Å². The van der Waals surface area contributed by atoms with Crippen LogP contribution in [0.5, 0.6) is 11.5 Å². The van der Waals surface area contributed by atoms with E-state index in [1.54, 1.807) is 11.3 Å². The summed E-state index contributed by atoms with van der Waals surface area (Å²) in [5.41, 5.74) is 0.658. The first-order chi connectivity index (χ1) is 15.1. The molecule has 0 radical (unpaired) electrons. The lowest BCUT2D eigenvalue weighted by atomic mass is 10.2. The Morgan fingerprint density at radius 2 is 2.10 bits per heavy atom. The smallest absolute Gasteiger partial charge is 0.263 e. The van der Waals surface area contributed by atoms with Crippen molar-refractivity contribution in [3.8, 4) is 21.9 Å². The molecule has 0 fully saturated rings. The molecule has 31 heavy (non-hydrogen) atoms. The molecule has 7 nitrogen and oxygen atoms in total. The van der Waals surface area contributed by atoms with Gasteiger partial charge in [0, 0.05) is 20.7 Å². The summed E-state index contributed by atoms with van der Waals surface area (Å²) in [6.45, 7) is 2.56. The number of aromatic nitrogens is 2. The van der Waals surface area contributed by atoms with Crippen LogP contribution in [-0.2, 0) is 11.3 Å². The Kier molecular flexibility index (Phi) is 5.21. The molecule has 1 atom stereocenters. The Labute approximate surface area is 185 Å². The zero-order valence-corrected chi connectivity index (χ0v) is 18.3. The number of para-hydroxylation sites is 2. The average Bonchev–Trinajstić information content (AvgIpc) is 3.40. The summed E-state index contributed by atoms with van der Waals surface area (Å²) in [4.78, 5) is 32.8.